The van der Waals surface area contributed by atoms with Crippen molar-refractivity contribution in [1.82, 2.24) is 10.2 Å². The number of carbonyl (C=O) groups is 2. The van der Waals surface area contributed by atoms with Crippen LogP contribution >= 0.6 is 11.3 Å². The van der Waals surface area contributed by atoms with E-state index in [1.807, 2.05) is 12.3 Å². The molecule has 0 saturated heterocycles. The third-order valence-corrected chi connectivity index (χ3v) is 3.33. The van der Waals surface area contributed by atoms with Gasteiger partial charge in [-0.3, -0.25) is 9.59 Å². The van der Waals surface area contributed by atoms with E-state index in [9.17, 15) is 14.7 Å². The van der Waals surface area contributed by atoms with Crippen LogP contribution in [0.15, 0.2) is 17.5 Å². The lowest BCUT2D eigenvalue weighted by Crippen LogP contribution is -2.46. The van der Waals surface area contributed by atoms with E-state index in [0.29, 0.717) is 11.4 Å². The van der Waals surface area contributed by atoms with E-state index in [2.05, 4.69) is 5.32 Å². The van der Waals surface area contributed by atoms with Crippen molar-refractivity contribution in [2.24, 2.45) is 0 Å². The van der Waals surface area contributed by atoms with Crippen LogP contribution in [0.1, 0.15) is 30.4 Å². The molecule has 1 aromatic rings. The summed E-state index contributed by atoms with van der Waals surface area (Å²) in [6.07, 6.45) is 0. The van der Waals surface area contributed by atoms with Gasteiger partial charge in [-0.05, 0) is 32.2 Å². The number of hydrogen-bond acceptors (Lipinski definition) is 4. The maximum absolute atomic E-state index is 11.9. The zero-order valence-electron chi connectivity index (χ0n) is 11.5. The highest BCUT2D eigenvalue weighted by atomic mass is 32.1. The van der Waals surface area contributed by atoms with Gasteiger partial charge in [0.2, 0.25) is 5.91 Å². The summed E-state index contributed by atoms with van der Waals surface area (Å²) in [7, 11) is 0. The molecule has 2 amide bonds. The molecule has 0 bridgehead atoms. The van der Waals surface area contributed by atoms with E-state index >= 15 is 0 Å². The average molecular weight is 284 g/mol. The van der Waals surface area contributed by atoms with Crippen molar-refractivity contribution < 1.29 is 14.7 Å². The van der Waals surface area contributed by atoms with Crippen molar-refractivity contribution in [3.8, 4) is 0 Å². The quantitative estimate of drug-likeness (QED) is 0.822. The molecule has 106 valence electrons. The lowest BCUT2D eigenvalue weighted by atomic mass is 10.1. The smallest absolute Gasteiger partial charge is 0.261 e. The van der Waals surface area contributed by atoms with E-state index in [4.69, 9.17) is 0 Å². The monoisotopic (exact) mass is 284 g/mol. The third-order valence-electron chi connectivity index (χ3n) is 2.46. The van der Waals surface area contributed by atoms with Crippen LogP contribution in [-0.4, -0.2) is 47.1 Å². The maximum atomic E-state index is 11.9. The van der Waals surface area contributed by atoms with Crippen LogP contribution in [0.4, 0.5) is 0 Å². The lowest BCUT2D eigenvalue weighted by Gasteiger charge is -2.28. The van der Waals surface area contributed by atoms with Crippen LogP contribution in [0.25, 0.3) is 0 Å². The molecule has 0 aliphatic rings. The largest absolute Gasteiger partial charge is 0.389 e. The standard InChI is InChI=1S/C13H20N2O3S/c1-4-15(9-13(2,3)18)11(16)8-14-12(17)10-6-5-7-19-10/h5-7,18H,4,8-9H2,1-3H3,(H,14,17). The molecule has 0 fully saturated rings. The number of carbonyl (C=O) groups excluding carboxylic acids is 2. The van der Waals surface area contributed by atoms with Crippen molar-refractivity contribution in [2.45, 2.75) is 26.4 Å². The van der Waals surface area contributed by atoms with Crippen LogP contribution in [0.2, 0.25) is 0 Å². The zero-order valence-corrected chi connectivity index (χ0v) is 12.3. The second-order valence-corrected chi connectivity index (χ2v) is 5.83. The Morgan fingerprint density at radius 1 is 1.47 bits per heavy atom. The number of amides is 2. The number of aliphatic hydroxyl groups is 1. The number of hydrogen-bond donors (Lipinski definition) is 2. The highest BCUT2D eigenvalue weighted by Crippen LogP contribution is 2.08. The first-order valence-corrected chi connectivity index (χ1v) is 7.03. The molecule has 0 aromatic carbocycles. The van der Waals surface area contributed by atoms with Crippen LogP contribution in [0, 0.1) is 0 Å². The van der Waals surface area contributed by atoms with Gasteiger partial charge in [-0.2, -0.15) is 0 Å². The Hall–Kier alpha value is -1.40. The average Bonchev–Trinajstić information content (AvgIpc) is 2.85. The van der Waals surface area contributed by atoms with Gasteiger partial charge in [0.15, 0.2) is 0 Å². The van der Waals surface area contributed by atoms with E-state index in [0.717, 1.165) is 0 Å². The van der Waals surface area contributed by atoms with E-state index in [1.165, 1.54) is 16.2 Å². The summed E-state index contributed by atoms with van der Waals surface area (Å²) < 4.78 is 0. The number of likely N-dealkylation sites (N-methyl/N-ethyl adjacent to an activating group) is 1. The summed E-state index contributed by atoms with van der Waals surface area (Å²) in [5.74, 6) is -0.447. The van der Waals surface area contributed by atoms with Crippen LogP contribution in [0.3, 0.4) is 0 Å². The molecule has 0 atom stereocenters. The van der Waals surface area contributed by atoms with Gasteiger partial charge in [0.05, 0.1) is 17.0 Å². The number of thiophene rings is 1. The summed E-state index contributed by atoms with van der Waals surface area (Å²) in [4.78, 5) is 25.7. The first-order valence-electron chi connectivity index (χ1n) is 6.15. The minimum Gasteiger partial charge on any atom is -0.389 e. The lowest BCUT2D eigenvalue weighted by molar-refractivity contribution is -0.132. The Kier molecular flexibility index (Phi) is 5.50. The van der Waals surface area contributed by atoms with Gasteiger partial charge in [0, 0.05) is 13.1 Å². The van der Waals surface area contributed by atoms with Crippen LogP contribution in [-0.2, 0) is 4.79 Å². The fourth-order valence-electron chi connectivity index (χ4n) is 1.61. The van der Waals surface area contributed by atoms with Gasteiger partial charge >= 0.3 is 0 Å². The molecule has 1 rings (SSSR count). The molecule has 5 nitrogen and oxygen atoms in total. The minimum absolute atomic E-state index is 0.0549. The zero-order chi connectivity index (χ0) is 14.5. The highest BCUT2D eigenvalue weighted by Gasteiger charge is 2.21. The van der Waals surface area contributed by atoms with Gasteiger partial charge in [0.1, 0.15) is 0 Å². The Morgan fingerprint density at radius 2 is 2.16 bits per heavy atom. The molecule has 19 heavy (non-hydrogen) atoms. The molecule has 1 heterocycles. The molecule has 0 saturated carbocycles. The topological polar surface area (TPSA) is 69.6 Å². The molecule has 0 aliphatic heterocycles. The SMILES string of the molecule is CCN(CC(C)(C)O)C(=O)CNC(=O)c1cccs1. The molecule has 0 aliphatic carbocycles. The molecular weight excluding hydrogens is 264 g/mol. The second kappa shape index (κ2) is 6.68. The normalized spacial score (nSPS) is 11.2. The molecule has 0 spiro atoms. The fraction of sp³-hybridized carbons (Fsp3) is 0.538. The van der Waals surface area contributed by atoms with Gasteiger partial charge in [-0.25, -0.2) is 0 Å². The third kappa shape index (κ3) is 5.40. The van der Waals surface area contributed by atoms with Crippen molar-refractivity contribution in [1.29, 1.82) is 0 Å². The maximum Gasteiger partial charge on any atom is 0.261 e. The summed E-state index contributed by atoms with van der Waals surface area (Å²) in [6.45, 7) is 5.82. The predicted octanol–water partition coefficient (Wildman–Crippen LogP) is 1.10. The number of nitrogens with one attached hydrogen (secondary N) is 1. The summed E-state index contributed by atoms with van der Waals surface area (Å²) >= 11 is 1.33. The first kappa shape index (κ1) is 15.7. The highest BCUT2D eigenvalue weighted by molar-refractivity contribution is 7.12. The fourth-order valence-corrected chi connectivity index (χ4v) is 2.25. The van der Waals surface area contributed by atoms with E-state index in [1.54, 1.807) is 26.0 Å². The Bertz CT molecular complexity index is 424. The van der Waals surface area contributed by atoms with Crippen LogP contribution < -0.4 is 5.32 Å². The summed E-state index contributed by atoms with van der Waals surface area (Å²) in [5.41, 5.74) is -0.941. The number of rotatable bonds is 6. The molecule has 2 N–H and O–H groups in total. The number of nitrogens with zero attached hydrogens (tertiary/aromatic N) is 1. The molecule has 1 aromatic heterocycles. The second-order valence-electron chi connectivity index (χ2n) is 4.88. The van der Waals surface area contributed by atoms with Crippen molar-refractivity contribution in [2.75, 3.05) is 19.6 Å². The van der Waals surface area contributed by atoms with Gasteiger partial charge in [0.25, 0.3) is 5.91 Å². The van der Waals surface area contributed by atoms with Gasteiger partial charge in [-0.1, -0.05) is 6.07 Å². The molecule has 0 radical (unpaired) electrons. The minimum atomic E-state index is -0.941. The molecule has 6 heteroatoms. The van der Waals surface area contributed by atoms with Crippen LogP contribution in [0.5, 0.6) is 0 Å². The molecular formula is C13H20N2O3S. The summed E-state index contributed by atoms with van der Waals surface area (Å²) in [5, 5.41) is 14.1. The Morgan fingerprint density at radius 3 is 2.63 bits per heavy atom. The predicted molar refractivity (Wildman–Crippen MR) is 75.2 cm³/mol. The Balaban J connectivity index is 2.47. The van der Waals surface area contributed by atoms with E-state index in [-0.39, 0.29) is 24.9 Å². The molecule has 0 unspecified atom stereocenters. The van der Waals surface area contributed by atoms with Crippen molar-refractivity contribution >= 4 is 23.2 Å². The van der Waals surface area contributed by atoms with Gasteiger partial charge in [-0.15, -0.1) is 11.3 Å². The van der Waals surface area contributed by atoms with Gasteiger partial charge < -0.3 is 15.3 Å². The summed E-state index contributed by atoms with van der Waals surface area (Å²) in [6, 6.07) is 3.49. The van der Waals surface area contributed by atoms with Crippen molar-refractivity contribution in [3.63, 3.8) is 0 Å². The Labute approximate surface area is 117 Å². The van der Waals surface area contributed by atoms with Crippen molar-refractivity contribution in [3.05, 3.63) is 22.4 Å². The first-order chi connectivity index (χ1) is 8.83. The van der Waals surface area contributed by atoms with E-state index < -0.39 is 5.60 Å².